The molecule has 1 aliphatic carbocycles. The molecule has 2 unspecified atom stereocenters. The van der Waals surface area contributed by atoms with Crippen molar-refractivity contribution >= 4 is 0 Å². The van der Waals surface area contributed by atoms with Gasteiger partial charge in [0.1, 0.15) is 0 Å². The summed E-state index contributed by atoms with van der Waals surface area (Å²) in [4.78, 5) is 0. The van der Waals surface area contributed by atoms with Gasteiger partial charge in [-0.3, -0.25) is 0 Å². The van der Waals surface area contributed by atoms with Crippen molar-refractivity contribution < 1.29 is 5.11 Å². The predicted molar refractivity (Wildman–Crippen MR) is 42.8 cm³/mol. The monoisotopic (exact) mass is 142 g/mol. The van der Waals surface area contributed by atoms with Crippen LogP contribution in [0.25, 0.3) is 0 Å². The Hall–Kier alpha value is -0.0400. The van der Waals surface area contributed by atoms with E-state index < -0.39 is 0 Å². The fraction of sp³-hybridized carbons (Fsp3) is 1.00. The van der Waals surface area contributed by atoms with Crippen LogP contribution < -0.4 is 0 Å². The first-order valence-electron chi connectivity index (χ1n) is 4.49. The van der Waals surface area contributed by atoms with Crippen molar-refractivity contribution in [1.82, 2.24) is 0 Å². The van der Waals surface area contributed by atoms with Crippen LogP contribution in [0.2, 0.25) is 0 Å². The first kappa shape index (κ1) is 8.06. The molecular weight excluding hydrogens is 124 g/mol. The minimum atomic E-state index is 0.390. The molecule has 1 fully saturated rings. The standard InChI is InChI=1S/C9H18O/c1-2-8-4-3-5-9(8)6-7-10/h8-10H,2-7H2,1H3. The molecule has 0 heterocycles. The number of hydrogen-bond acceptors (Lipinski definition) is 1. The van der Waals surface area contributed by atoms with Crippen molar-refractivity contribution in [3.05, 3.63) is 0 Å². The maximum Gasteiger partial charge on any atom is 0.0433 e. The highest BCUT2D eigenvalue weighted by molar-refractivity contribution is 4.75. The third kappa shape index (κ3) is 1.72. The Morgan fingerprint density at radius 1 is 1.30 bits per heavy atom. The van der Waals surface area contributed by atoms with Crippen molar-refractivity contribution in [2.24, 2.45) is 11.8 Å². The summed E-state index contributed by atoms with van der Waals surface area (Å²) in [5, 5.41) is 8.74. The smallest absolute Gasteiger partial charge is 0.0433 e. The average Bonchev–Trinajstić information content (AvgIpc) is 2.36. The maximum absolute atomic E-state index is 8.74. The molecule has 60 valence electrons. The minimum absolute atomic E-state index is 0.390. The SMILES string of the molecule is CCC1CCCC1CCO. The summed E-state index contributed by atoms with van der Waals surface area (Å²) in [5.74, 6) is 1.77. The summed E-state index contributed by atoms with van der Waals surface area (Å²) in [7, 11) is 0. The van der Waals surface area contributed by atoms with E-state index in [0.29, 0.717) is 6.61 Å². The van der Waals surface area contributed by atoms with Crippen LogP contribution in [0.3, 0.4) is 0 Å². The van der Waals surface area contributed by atoms with Gasteiger partial charge in [-0.15, -0.1) is 0 Å². The summed E-state index contributed by atoms with van der Waals surface area (Å²) >= 11 is 0. The first-order valence-corrected chi connectivity index (χ1v) is 4.49. The Kier molecular flexibility index (Phi) is 3.20. The van der Waals surface area contributed by atoms with E-state index in [1.165, 1.54) is 25.7 Å². The average molecular weight is 142 g/mol. The summed E-state index contributed by atoms with van der Waals surface area (Å²) in [6.45, 7) is 2.65. The molecule has 0 saturated heterocycles. The molecular formula is C9H18O. The van der Waals surface area contributed by atoms with Crippen LogP contribution in [0.5, 0.6) is 0 Å². The van der Waals surface area contributed by atoms with Gasteiger partial charge in [0.25, 0.3) is 0 Å². The van der Waals surface area contributed by atoms with Crippen molar-refractivity contribution in [1.29, 1.82) is 0 Å². The lowest BCUT2D eigenvalue weighted by molar-refractivity contribution is 0.232. The van der Waals surface area contributed by atoms with Gasteiger partial charge < -0.3 is 5.11 Å². The molecule has 0 radical (unpaired) electrons. The van der Waals surface area contributed by atoms with Crippen LogP contribution in [-0.2, 0) is 0 Å². The van der Waals surface area contributed by atoms with Gasteiger partial charge in [-0.2, -0.15) is 0 Å². The highest BCUT2D eigenvalue weighted by atomic mass is 16.3. The zero-order chi connectivity index (χ0) is 7.40. The van der Waals surface area contributed by atoms with E-state index in [1.54, 1.807) is 0 Å². The number of rotatable bonds is 3. The van der Waals surface area contributed by atoms with E-state index in [-0.39, 0.29) is 0 Å². The lowest BCUT2D eigenvalue weighted by Crippen LogP contribution is -2.08. The lowest BCUT2D eigenvalue weighted by atomic mass is 9.91. The maximum atomic E-state index is 8.74. The van der Waals surface area contributed by atoms with Gasteiger partial charge in [0.15, 0.2) is 0 Å². The summed E-state index contributed by atoms with van der Waals surface area (Å²) in [6, 6.07) is 0. The highest BCUT2D eigenvalue weighted by Crippen LogP contribution is 2.35. The minimum Gasteiger partial charge on any atom is -0.396 e. The van der Waals surface area contributed by atoms with E-state index in [1.807, 2.05) is 0 Å². The van der Waals surface area contributed by atoms with Gasteiger partial charge in [-0.1, -0.05) is 32.6 Å². The number of hydrogen-bond donors (Lipinski definition) is 1. The second-order valence-corrected chi connectivity index (χ2v) is 3.37. The first-order chi connectivity index (χ1) is 4.88. The van der Waals surface area contributed by atoms with Crippen molar-refractivity contribution in [3.63, 3.8) is 0 Å². The van der Waals surface area contributed by atoms with Crippen molar-refractivity contribution in [2.75, 3.05) is 6.61 Å². The summed E-state index contributed by atoms with van der Waals surface area (Å²) < 4.78 is 0. The molecule has 0 amide bonds. The summed E-state index contributed by atoms with van der Waals surface area (Å²) in [6.07, 6.45) is 6.51. The van der Waals surface area contributed by atoms with Gasteiger partial charge in [0.05, 0.1) is 0 Å². The van der Waals surface area contributed by atoms with E-state index in [0.717, 1.165) is 18.3 Å². The zero-order valence-electron chi connectivity index (χ0n) is 6.84. The van der Waals surface area contributed by atoms with Gasteiger partial charge in [-0.25, -0.2) is 0 Å². The van der Waals surface area contributed by atoms with E-state index in [4.69, 9.17) is 5.11 Å². The molecule has 0 spiro atoms. The Morgan fingerprint density at radius 2 is 2.00 bits per heavy atom. The molecule has 1 aliphatic rings. The molecule has 1 rings (SSSR count). The van der Waals surface area contributed by atoms with Crippen LogP contribution in [0.15, 0.2) is 0 Å². The molecule has 1 heteroatoms. The molecule has 0 aliphatic heterocycles. The van der Waals surface area contributed by atoms with Crippen LogP contribution >= 0.6 is 0 Å². The van der Waals surface area contributed by atoms with Crippen LogP contribution in [0.4, 0.5) is 0 Å². The third-order valence-electron chi connectivity index (χ3n) is 2.84. The van der Waals surface area contributed by atoms with Gasteiger partial charge in [-0.05, 0) is 18.3 Å². The van der Waals surface area contributed by atoms with Gasteiger partial charge in [0.2, 0.25) is 0 Å². The lowest BCUT2D eigenvalue weighted by Gasteiger charge is -2.15. The highest BCUT2D eigenvalue weighted by Gasteiger charge is 2.24. The van der Waals surface area contributed by atoms with Gasteiger partial charge >= 0.3 is 0 Å². The fourth-order valence-corrected chi connectivity index (χ4v) is 2.20. The second-order valence-electron chi connectivity index (χ2n) is 3.37. The Labute approximate surface area is 63.4 Å². The topological polar surface area (TPSA) is 20.2 Å². The van der Waals surface area contributed by atoms with E-state index in [9.17, 15) is 0 Å². The molecule has 10 heavy (non-hydrogen) atoms. The van der Waals surface area contributed by atoms with E-state index in [2.05, 4.69) is 6.92 Å². The van der Waals surface area contributed by atoms with Crippen molar-refractivity contribution in [3.8, 4) is 0 Å². The molecule has 1 saturated carbocycles. The predicted octanol–water partition coefficient (Wildman–Crippen LogP) is 2.20. The van der Waals surface area contributed by atoms with Crippen LogP contribution in [0.1, 0.15) is 39.0 Å². The fourth-order valence-electron chi connectivity index (χ4n) is 2.20. The number of aliphatic hydroxyl groups excluding tert-OH is 1. The summed E-state index contributed by atoms with van der Waals surface area (Å²) in [5.41, 5.74) is 0. The largest absolute Gasteiger partial charge is 0.396 e. The second kappa shape index (κ2) is 3.97. The van der Waals surface area contributed by atoms with E-state index >= 15 is 0 Å². The van der Waals surface area contributed by atoms with Crippen LogP contribution in [-0.4, -0.2) is 11.7 Å². The normalized spacial score (nSPS) is 33.0. The molecule has 0 aromatic heterocycles. The molecule has 1 N–H and O–H groups in total. The van der Waals surface area contributed by atoms with Crippen molar-refractivity contribution in [2.45, 2.75) is 39.0 Å². The van der Waals surface area contributed by atoms with Gasteiger partial charge in [0, 0.05) is 6.61 Å². The quantitative estimate of drug-likeness (QED) is 0.640. The third-order valence-corrected chi connectivity index (χ3v) is 2.84. The zero-order valence-corrected chi connectivity index (χ0v) is 6.84. The Balaban J connectivity index is 2.27. The Morgan fingerprint density at radius 3 is 2.60 bits per heavy atom. The molecule has 0 aromatic rings. The molecule has 1 nitrogen and oxygen atoms in total. The van der Waals surface area contributed by atoms with Crippen LogP contribution in [0, 0.1) is 11.8 Å². The number of aliphatic hydroxyl groups is 1. The molecule has 0 aromatic carbocycles. The molecule has 0 bridgehead atoms. The molecule has 2 atom stereocenters. The Bertz CT molecular complexity index is 90.7.